The lowest BCUT2D eigenvalue weighted by Gasteiger charge is -2.25. The molecule has 2 aromatic heterocycles. The predicted molar refractivity (Wildman–Crippen MR) is 150 cm³/mol. The summed E-state index contributed by atoms with van der Waals surface area (Å²) in [5.74, 6) is 0.162. The molecule has 11 nitrogen and oxygen atoms in total. The van der Waals surface area contributed by atoms with E-state index in [0.717, 1.165) is 57.8 Å². The molecule has 4 atom stereocenters. The zero-order chi connectivity index (χ0) is 27.9. The Morgan fingerprint density at radius 3 is 2.28 bits per heavy atom. The number of hydrogen-bond acceptors (Lipinski definition) is 9. The summed E-state index contributed by atoms with van der Waals surface area (Å²) in [6, 6.07) is 0. The van der Waals surface area contributed by atoms with Gasteiger partial charge >= 0.3 is 0 Å². The molecule has 0 spiro atoms. The van der Waals surface area contributed by atoms with Crippen molar-refractivity contribution in [3.05, 3.63) is 12.7 Å². The van der Waals surface area contributed by atoms with Gasteiger partial charge in [-0.15, -0.1) is 0 Å². The van der Waals surface area contributed by atoms with Crippen molar-refractivity contribution in [3.63, 3.8) is 0 Å². The van der Waals surface area contributed by atoms with E-state index in [1.807, 2.05) is 4.57 Å². The van der Waals surface area contributed by atoms with Crippen molar-refractivity contribution in [2.75, 3.05) is 38.3 Å². The van der Waals surface area contributed by atoms with Crippen LogP contribution in [-0.4, -0.2) is 76.7 Å². The van der Waals surface area contributed by atoms with Crippen molar-refractivity contribution in [2.24, 2.45) is 5.73 Å². The molecule has 1 aliphatic rings. The molecule has 1 fully saturated rings. The van der Waals surface area contributed by atoms with Crippen LogP contribution in [0.2, 0.25) is 0 Å². The summed E-state index contributed by atoms with van der Waals surface area (Å²) in [4.78, 5) is 24.6. The second-order valence-corrected chi connectivity index (χ2v) is 10.1. The van der Waals surface area contributed by atoms with Crippen molar-refractivity contribution >= 4 is 22.9 Å². The van der Waals surface area contributed by atoms with Crippen LogP contribution in [0.1, 0.15) is 91.2 Å². The van der Waals surface area contributed by atoms with E-state index in [4.69, 9.17) is 24.7 Å². The number of aromatic nitrogens is 4. The molecule has 0 saturated carbocycles. The number of fused-ring (bicyclic) bond motifs is 1. The molecular formula is C28H48N6O5. The SMILES string of the molecule is CCCCCOCC1OC(n2cnc3c(NCCC(N)=O)ncnc32)C(OCCCCC)C1OCCCCC. The molecule has 4 unspecified atom stereocenters. The van der Waals surface area contributed by atoms with Gasteiger partial charge < -0.3 is 30.0 Å². The highest BCUT2D eigenvalue weighted by atomic mass is 16.6. The monoisotopic (exact) mass is 548 g/mol. The summed E-state index contributed by atoms with van der Waals surface area (Å²) in [5, 5.41) is 3.14. The third-order valence-electron chi connectivity index (χ3n) is 6.87. The number of amides is 1. The number of nitrogens with zero attached hydrogens (tertiary/aromatic N) is 4. The van der Waals surface area contributed by atoms with Crippen LogP contribution in [0.3, 0.4) is 0 Å². The molecule has 1 saturated heterocycles. The number of carbonyl (C=O) groups excluding carboxylic acids is 1. The maximum atomic E-state index is 11.2. The summed E-state index contributed by atoms with van der Waals surface area (Å²) in [7, 11) is 0. The number of primary amides is 1. The minimum atomic E-state index is -0.481. The molecule has 0 bridgehead atoms. The second-order valence-electron chi connectivity index (χ2n) is 10.1. The van der Waals surface area contributed by atoms with E-state index in [-0.39, 0.29) is 30.6 Å². The van der Waals surface area contributed by atoms with Gasteiger partial charge in [-0.1, -0.05) is 59.3 Å². The Morgan fingerprint density at radius 1 is 0.949 bits per heavy atom. The number of nitrogens with one attached hydrogen (secondary N) is 1. The normalized spacial score (nSPS) is 21.1. The minimum absolute atomic E-state index is 0.197. The van der Waals surface area contributed by atoms with Gasteiger partial charge in [-0.05, 0) is 19.3 Å². The fourth-order valence-corrected chi connectivity index (χ4v) is 4.71. The first-order valence-electron chi connectivity index (χ1n) is 14.8. The quantitative estimate of drug-likeness (QED) is 0.218. The van der Waals surface area contributed by atoms with E-state index in [0.29, 0.717) is 50.0 Å². The highest BCUT2D eigenvalue weighted by Gasteiger charge is 2.48. The summed E-state index contributed by atoms with van der Waals surface area (Å²) in [5.41, 5.74) is 6.49. The molecule has 0 aromatic carbocycles. The van der Waals surface area contributed by atoms with Crippen LogP contribution in [0.5, 0.6) is 0 Å². The molecule has 39 heavy (non-hydrogen) atoms. The number of unbranched alkanes of at least 4 members (excludes halogenated alkanes) is 6. The fraction of sp³-hybridized carbons (Fsp3) is 0.786. The summed E-state index contributed by atoms with van der Waals surface area (Å²) < 4.78 is 27.5. The number of anilines is 1. The van der Waals surface area contributed by atoms with Gasteiger partial charge in [0, 0.05) is 32.8 Å². The Morgan fingerprint density at radius 2 is 1.62 bits per heavy atom. The third kappa shape index (κ3) is 9.37. The number of ether oxygens (including phenoxy) is 4. The van der Waals surface area contributed by atoms with E-state index in [1.165, 1.54) is 6.33 Å². The maximum absolute atomic E-state index is 11.2. The van der Waals surface area contributed by atoms with E-state index in [2.05, 4.69) is 41.0 Å². The molecule has 1 amide bonds. The van der Waals surface area contributed by atoms with E-state index in [1.54, 1.807) is 6.33 Å². The first-order valence-corrected chi connectivity index (χ1v) is 14.8. The number of nitrogens with two attached hydrogens (primary N) is 1. The number of rotatable bonds is 21. The lowest BCUT2D eigenvalue weighted by atomic mass is 10.1. The fourth-order valence-electron chi connectivity index (χ4n) is 4.71. The van der Waals surface area contributed by atoms with Gasteiger partial charge in [0.2, 0.25) is 5.91 Å². The van der Waals surface area contributed by atoms with E-state index in [9.17, 15) is 4.79 Å². The molecule has 3 rings (SSSR count). The smallest absolute Gasteiger partial charge is 0.219 e. The van der Waals surface area contributed by atoms with Crippen LogP contribution in [0.15, 0.2) is 12.7 Å². The lowest BCUT2D eigenvalue weighted by Crippen LogP contribution is -2.39. The van der Waals surface area contributed by atoms with Crippen LogP contribution in [0.4, 0.5) is 5.82 Å². The van der Waals surface area contributed by atoms with Crippen molar-refractivity contribution < 1.29 is 23.7 Å². The van der Waals surface area contributed by atoms with Crippen molar-refractivity contribution in [2.45, 2.75) is 110 Å². The predicted octanol–water partition coefficient (Wildman–Crippen LogP) is 4.37. The standard InChI is InChI=1S/C28H48N6O5/c1-4-7-10-15-36-18-21-24(37-16-11-8-5-2)25(38-17-12-9-6-3)28(39-21)34-20-33-23-26(30-14-13-22(29)35)31-19-32-27(23)34/h19-21,24-25,28H,4-18H2,1-3H3,(H2,29,35)(H,30,31,32). The molecule has 3 heterocycles. The average molecular weight is 549 g/mol. The van der Waals surface area contributed by atoms with Crippen LogP contribution in [-0.2, 0) is 23.7 Å². The third-order valence-corrected chi connectivity index (χ3v) is 6.87. The molecule has 0 radical (unpaired) electrons. The van der Waals surface area contributed by atoms with Gasteiger partial charge in [0.1, 0.15) is 24.6 Å². The van der Waals surface area contributed by atoms with Crippen LogP contribution >= 0.6 is 0 Å². The molecule has 2 aromatic rings. The maximum Gasteiger partial charge on any atom is 0.219 e. The van der Waals surface area contributed by atoms with Crippen molar-refractivity contribution in [3.8, 4) is 0 Å². The van der Waals surface area contributed by atoms with Crippen molar-refractivity contribution in [1.29, 1.82) is 0 Å². The molecule has 220 valence electrons. The van der Waals surface area contributed by atoms with Crippen molar-refractivity contribution in [1.82, 2.24) is 19.5 Å². The Bertz CT molecular complexity index is 973. The topological polar surface area (TPSA) is 136 Å². The molecule has 3 N–H and O–H groups in total. The molecule has 1 aliphatic heterocycles. The van der Waals surface area contributed by atoms with Crippen LogP contribution in [0, 0.1) is 0 Å². The largest absolute Gasteiger partial charge is 0.379 e. The number of carbonyl (C=O) groups is 1. The van der Waals surface area contributed by atoms with Gasteiger partial charge in [0.05, 0.1) is 12.9 Å². The first-order chi connectivity index (χ1) is 19.1. The average Bonchev–Trinajstić information content (AvgIpc) is 3.50. The van der Waals surface area contributed by atoms with Gasteiger partial charge in [0.25, 0.3) is 0 Å². The van der Waals surface area contributed by atoms with E-state index < -0.39 is 6.23 Å². The summed E-state index contributed by atoms with van der Waals surface area (Å²) in [6.45, 7) is 9.32. The summed E-state index contributed by atoms with van der Waals surface area (Å²) >= 11 is 0. The van der Waals surface area contributed by atoms with E-state index >= 15 is 0 Å². The number of imidazole rings is 1. The zero-order valence-electron chi connectivity index (χ0n) is 24.0. The second kappa shape index (κ2) is 17.4. The van der Waals surface area contributed by atoms with Gasteiger partial charge in [-0.3, -0.25) is 9.36 Å². The number of hydrogen-bond donors (Lipinski definition) is 2. The Balaban J connectivity index is 1.83. The Kier molecular flexibility index (Phi) is 13.9. The molecular weight excluding hydrogens is 500 g/mol. The van der Waals surface area contributed by atoms with Gasteiger partial charge in [-0.25, -0.2) is 15.0 Å². The van der Waals surface area contributed by atoms with Crippen LogP contribution in [0.25, 0.3) is 11.2 Å². The highest BCUT2D eigenvalue weighted by molar-refractivity contribution is 5.83. The highest BCUT2D eigenvalue weighted by Crippen LogP contribution is 2.36. The zero-order valence-corrected chi connectivity index (χ0v) is 24.0. The first kappa shape index (κ1) is 31.2. The Hall–Kier alpha value is -2.34. The molecule has 0 aliphatic carbocycles. The lowest BCUT2D eigenvalue weighted by molar-refractivity contribution is -0.117. The Labute approximate surface area is 232 Å². The van der Waals surface area contributed by atoms with Gasteiger partial charge in [0.15, 0.2) is 23.2 Å². The minimum Gasteiger partial charge on any atom is -0.379 e. The summed E-state index contributed by atoms with van der Waals surface area (Å²) in [6.07, 6.45) is 11.8. The van der Waals surface area contributed by atoms with Gasteiger partial charge in [-0.2, -0.15) is 0 Å². The van der Waals surface area contributed by atoms with Crippen LogP contribution < -0.4 is 11.1 Å². The molecule has 11 heteroatoms.